The molecule has 0 bridgehead atoms. The number of carbonyl (C=O) groups is 3. The highest BCUT2D eigenvalue weighted by Crippen LogP contribution is 2.38. The lowest BCUT2D eigenvalue weighted by atomic mass is 9.88. The highest BCUT2D eigenvalue weighted by Gasteiger charge is 2.28. The van der Waals surface area contributed by atoms with Crippen molar-refractivity contribution in [2.75, 3.05) is 5.32 Å². The van der Waals surface area contributed by atoms with Crippen molar-refractivity contribution in [3.05, 3.63) is 106 Å². The van der Waals surface area contributed by atoms with Gasteiger partial charge in [-0.15, -0.1) is 0 Å². The zero-order chi connectivity index (χ0) is 26.3. The van der Waals surface area contributed by atoms with E-state index in [1.54, 1.807) is 53.2 Å². The van der Waals surface area contributed by atoms with Gasteiger partial charge in [0.25, 0.3) is 11.8 Å². The number of primary amides is 1. The Kier molecular flexibility index (Phi) is 6.11. The van der Waals surface area contributed by atoms with Crippen molar-refractivity contribution < 1.29 is 19.5 Å². The summed E-state index contributed by atoms with van der Waals surface area (Å²) in [7, 11) is 0. The highest BCUT2D eigenvalue weighted by molar-refractivity contribution is 6.34. The Balaban J connectivity index is 1.58. The van der Waals surface area contributed by atoms with Crippen molar-refractivity contribution in [2.45, 2.75) is 12.8 Å². The number of aryl methyl sites for hydroxylation is 1. The number of fused-ring (bicyclic) bond motifs is 3. The van der Waals surface area contributed by atoms with Gasteiger partial charge in [0.05, 0.1) is 27.9 Å². The molecule has 8 nitrogen and oxygen atoms in total. The van der Waals surface area contributed by atoms with Crippen LogP contribution in [0.3, 0.4) is 0 Å². The molecule has 0 unspecified atom stereocenters. The first-order valence-electron chi connectivity index (χ1n) is 11.4. The van der Waals surface area contributed by atoms with Crippen LogP contribution < -0.4 is 16.2 Å². The van der Waals surface area contributed by atoms with Gasteiger partial charge in [-0.1, -0.05) is 48.5 Å². The number of nitrogens with two attached hydrogens (primary N) is 1. The summed E-state index contributed by atoms with van der Waals surface area (Å²) in [5, 5.41) is 18.9. The van der Waals surface area contributed by atoms with Crippen LogP contribution in [0.4, 0.5) is 5.69 Å². The van der Waals surface area contributed by atoms with Crippen LogP contribution >= 0.6 is 11.6 Å². The summed E-state index contributed by atoms with van der Waals surface area (Å²) in [5.74, 6) is -2.36. The van der Waals surface area contributed by atoms with Crippen molar-refractivity contribution in [3.8, 4) is 16.9 Å². The summed E-state index contributed by atoms with van der Waals surface area (Å²) in [6, 6.07) is 18.9. The number of hydrogen-bond donors (Lipinski definition) is 2. The molecule has 3 aromatic carbocycles. The fourth-order valence-corrected chi connectivity index (χ4v) is 4.69. The third kappa shape index (κ3) is 4.39. The van der Waals surface area contributed by atoms with E-state index in [2.05, 4.69) is 17.0 Å². The molecule has 184 valence electrons. The first kappa shape index (κ1) is 24.0. The first-order valence-corrected chi connectivity index (χ1v) is 11.7. The maximum atomic E-state index is 12.8. The third-order valence-electron chi connectivity index (χ3n) is 6.31. The number of aliphatic carboxylic acids is 1. The minimum atomic E-state index is -1.36. The molecule has 0 atom stereocenters. The van der Waals surface area contributed by atoms with Crippen LogP contribution in [0, 0.1) is 0 Å². The number of carboxylic acid groups (broad SMARTS) is 1. The summed E-state index contributed by atoms with van der Waals surface area (Å²) >= 11 is 6.18. The summed E-state index contributed by atoms with van der Waals surface area (Å²) in [6.45, 7) is 3.53. The maximum absolute atomic E-state index is 12.8. The van der Waals surface area contributed by atoms with E-state index in [0.717, 1.165) is 11.1 Å². The molecule has 4 aromatic rings. The van der Waals surface area contributed by atoms with Gasteiger partial charge in [-0.2, -0.15) is 5.10 Å². The minimum Gasteiger partial charge on any atom is -0.545 e. The Hall–Kier alpha value is -4.69. The zero-order valence-electron chi connectivity index (χ0n) is 19.5. The van der Waals surface area contributed by atoms with Gasteiger partial charge in [0, 0.05) is 16.8 Å². The second-order valence-electron chi connectivity index (χ2n) is 8.57. The third-order valence-corrected chi connectivity index (χ3v) is 6.64. The molecule has 9 heteroatoms. The molecule has 0 radical (unpaired) electrons. The van der Waals surface area contributed by atoms with E-state index < -0.39 is 11.9 Å². The van der Waals surface area contributed by atoms with Gasteiger partial charge in [-0.3, -0.25) is 9.59 Å². The lowest BCUT2D eigenvalue weighted by Gasteiger charge is -2.20. The molecule has 5 rings (SSSR count). The molecule has 0 saturated heterocycles. The fourth-order valence-electron chi connectivity index (χ4n) is 4.47. The molecule has 0 aliphatic heterocycles. The molecule has 1 aliphatic rings. The lowest BCUT2D eigenvalue weighted by Crippen LogP contribution is -2.22. The van der Waals surface area contributed by atoms with Gasteiger partial charge >= 0.3 is 0 Å². The predicted octanol–water partition coefficient (Wildman–Crippen LogP) is 3.41. The van der Waals surface area contributed by atoms with Crippen molar-refractivity contribution >= 4 is 40.6 Å². The SMILES string of the molecule is C=C(C(=O)[O-])c1ccc(-n2nc(C(N)=O)c3c2-c2cc(NC(=O)c4ccccc4Cl)ccc2CC3)cc1. The number of carboxylic acids is 1. The van der Waals surface area contributed by atoms with E-state index in [4.69, 9.17) is 17.3 Å². The van der Waals surface area contributed by atoms with Crippen LogP contribution in [0.25, 0.3) is 22.5 Å². The van der Waals surface area contributed by atoms with Gasteiger partial charge in [-0.05, 0) is 65.9 Å². The van der Waals surface area contributed by atoms with Crippen LogP contribution in [0.2, 0.25) is 5.02 Å². The van der Waals surface area contributed by atoms with E-state index in [9.17, 15) is 19.5 Å². The van der Waals surface area contributed by atoms with Crippen molar-refractivity contribution in [2.24, 2.45) is 5.73 Å². The van der Waals surface area contributed by atoms with Crippen molar-refractivity contribution in [1.29, 1.82) is 0 Å². The topological polar surface area (TPSA) is 130 Å². The lowest BCUT2D eigenvalue weighted by molar-refractivity contribution is -0.295. The van der Waals surface area contributed by atoms with E-state index >= 15 is 0 Å². The number of nitrogens with zero attached hydrogens (tertiary/aromatic N) is 2. The number of anilines is 1. The van der Waals surface area contributed by atoms with Crippen LogP contribution in [-0.2, 0) is 17.6 Å². The van der Waals surface area contributed by atoms with E-state index in [1.807, 2.05) is 18.2 Å². The molecule has 37 heavy (non-hydrogen) atoms. The highest BCUT2D eigenvalue weighted by atomic mass is 35.5. The molecule has 3 N–H and O–H groups in total. The van der Waals surface area contributed by atoms with E-state index in [-0.39, 0.29) is 17.2 Å². The number of rotatable bonds is 6. The average Bonchev–Trinajstić information content (AvgIpc) is 3.29. The van der Waals surface area contributed by atoms with E-state index in [1.165, 1.54) is 0 Å². The number of nitrogens with one attached hydrogen (secondary N) is 1. The smallest absolute Gasteiger partial charge is 0.269 e. The molecule has 1 aromatic heterocycles. The normalized spacial score (nSPS) is 11.8. The van der Waals surface area contributed by atoms with Crippen LogP contribution in [0.5, 0.6) is 0 Å². The number of aromatic nitrogens is 2. The van der Waals surface area contributed by atoms with Crippen molar-refractivity contribution in [1.82, 2.24) is 9.78 Å². The Morgan fingerprint density at radius 3 is 2.43 bits per heavy atom. The summed E-state index contributed by atoms with van der Waals surface area (Å²) in [4.78, 5) is 36.2. The van der Waals surface area contributed by atoms with Gasteiger partial charge in [0.2, 0.25) is 0 Å². The number of hydrogen-bond acceptors (Lipinski definition) is 5. The summed E-state index contributed by atoms with van der Waals surface area (Å²) < 4.78 is 1.61. The Bertz CT molecular complexity index is 1610. The Morgan fingerprint density at radius 2 is 1.76 bits per heavy atom. The molecule has 1 aliphatic carbocycles. The standard InChI is InChI=1S/C28H21ClN4O4/c1-15(28(36)37)16-7-11-19(12-8-16)33-25-21(24(32-33)26(30)34)13-9-17-6-10-18(14-22(17)25)31-27(35)20-4-2-3-5-23(20)29/h2-8,10-12,14H,1,9,13H2,(H2,30,34)(H,31,35)(H,36,37)/p-1. The fraction of sp³-hybridized carbons (Fsp3) is 0.0714. The van der Waals surface area contributed by atoms with Gasteiger partial charge in [0.15, 0.2) is 5.69 Å². The molecule has 2 amide bonds. The Labute approximate surface area is 217 Å². The Morgan fingerprint density at radius 1 is 1.03 bits per heavy atom. The number of carbonyl (C=O) groups excluding carboxylic acids is 3. The largest absolute Gasteiger partial charge is 0.545 e. The second kappa shape index (κ2) is 9.40. The average molecular weight is 512 g/mol. The number of halogens is 1. The van der Waals surface area contributed by atoms with Gasteiger partial charge < -0.3 is 21.0 Å². The zero-order valence-corrected chi connectivity index (χ0v) is 20.2. The van der Waals surface area contributed by atoms with Gasteiger partial charge in [-0.25, -0.2) is 4.68 Å². The molecule has 0 saturated carbocycles. The van der Waals surface area contributed by atoms with Crippen LogP contribution in [0.15, 0.2) is 73.3 Å². The quantitative estimate of drug-likeness (QED) is 0.383. The molecular weight excluding hydrogens is 492 g/mol. The number of benzene rings is 3. The monoisotopic (exact) mass is 511 g/mol. The van der Waals surface area contributed by atoms with Crippen LogP contribution in [0.1, 0.15) is 37.5 Å². The number of amides is 2. The predicted molar refractivity (Wildman–Crippen MR) is 138 cm³/mol. The molecule has 0 fully saturated rings. The molecule has 0 spiro atoms. The first-order chi connectivity index (χ1) is 17.7. The summed E-state index contributed by atoms with van der Waals surface area (Å²) in [6.07, 6.45) is 1.23. The van der Waals surface area contributed by atoms with Crippen molar-refractivity contribution in [3.63, 3.8) is 0 Å². The molecule has 1 heterocycles. The summed E-state index contributed by atoms with van der Waals surface area (Å²) in [5.41, 5.74) is 10.7. The van der Waals surface area contributed by atoms with E-state index in [0.29, 0.717) is 51.6 Å². The van der Waals surface area contributed by atoms with Gasteiger partial charge in [0.1, 0.15) is 0 Å². The molecular formula is C28H20ClN4O4-. The van der Waals surface area contributed by atoms with Crippen LogP contribution in [-0.4, -0.2) is 27.6 Å². The minimum absolute atomic E-state index is 0.142. The second-order valence-corrected chi connectivity index (χ2v) is 8.98. The maximum Gasteiger partial charge on any atom is 0.269 e.